The maximum Gasteiger partial charge on any atom is 2.00 e. The van der Waals surface area contributed by atoms with Crippen LogP contribution in [0, 0.1) is 12.8 Å². The summed E-state index contributed by atoms with van der Waals surface area (Å²) in [6.07, 6.45) is 9.61. The first-order valence-electron chi connectivity index (χ1n) is 5.30. The fraction of sp³-hybridized carbons (Fsp3) is 0.909. The van der Waals surface area contributed by atoms with Gasteiger partial charge in [-0.3, -0.25) is 0 Å². The Balaban J connectivity index is 0. The van der Waals surface area contributed by atoms with Crippen molar-refractivity contribution in [2.24, 2.45) is 5.92 Å². The minimum atomic E-state index is 0. The minimum Gasteiger partial charge on any atom is -1.00 e. The summed E-state index contributed by atoms with van der Waals surface area (Å²) in [5.41, 5.74) is 0. The Morgan fingerprint density at radius 2 is 1.36 bits per heavy atom. The molecule has 80 valence electrons. The average molecular weight is 273 g/mol. The van der Waals surface area contributed by atoms with Crippen molar-refractivity contribution in [2.45, 2.75) is 44.9 Å². The SMILES string of the molecule is C1CCOC1.[Br-].[CH2-]C1CCCCC1.[Mg+2]. The second kappa shape index (κ2) is 12.3. The van der Waals surface area contributed by atoms with Crippen LogP contribution in [0.4, 0.5) is 0 Å². The Hall–Kier alpha value is 1.21. The maximum atomic E-state index is 4.94. The molecule has 3 heteroatoms. The van der Waals surface area contributed by atoms with Gasteiger partial charge in [0.1, 0.15) is 0 Å². The van der Waals surface area contributed by atoms with Gasteiger partial charge in [0.05, 0.1) is 0 Å². The molecule has 2 aliphatic rings. The number of rotatable bonds is 0. The fourth-order valence-corrected chi connectivity index (χ4v) is 1.70. The molecule has 2 rings (SSSR count). The zero-order valence-corrected chi connectivity index (χ0v) is 12.1. The summed E-state index contributed by atoms with van der Waals surface area (Å²) < 4.78 is 4.94. The smallest absolute Gasteiger partial charge is 1.00 e. The number of hydrogen-bond acceptors (Lipinski definition) is 1. The molecule has 0 radical (unpaired) electrons. The molecule has 1 saturated heterocycles. The normalized spacial score (nSPS) is 21.2. The van der Waals surface area contributed by atoms with Gasteiger partial charge in [-0.1, -0.05) is 32.1 Å². The van der Waals surface area contributed by atoms with Gasteiger partial charge < -0.3 is 28.6 Å². The van der Waals surface area contributed by atoms with Gasteiger partial charge in [0, 0.05) is 13.2 Å². The van der Waals surface area contributed by atoms with E-state index in [2.05, 4.69) is 6.92 Å². The molecule has 1 nitrogen and oxygen atoms in total. The first-order chi connectivity index (χ1) is 5.89. The van der Waals surface area contributed by atoms with E-state index in [1.165, 1.54) is 44.9 Å². The quantitative estimate of drug-likeness (QED) is 0.440. The second-order valence-electron chi connectivity index (χ2n) is 3.82. The number of halogens is 1. The van der Waals surface area contributed by atoms with Gasteiger partial charge in [-0.15, -0.1) is 0 Å². The van der Waals surface area contributed by atoms with Crippen molar-refractivity contribution in [3.8, 4) is 0 Å². The van der Waals surface area contributed by atoms with E-state index in [1.807, 2.05) is 0 Å². The summed E-state index contributed by atoms with van der Waals surface area (Å²) in [7, 11) is 0. The molecule has 0 aromatic rings. The van der Waals surface area contributed by atoms with Gasteiger partial charge in [0.25, 0.3) is 0 Å². The summed E-state index contributed by atoms with van der Waals surface area (Å²) in [6.45, 7) is 6.00. The number of hydrogen-bond donors (Lipinski definition) is 0. The monoisotopic (exact) mass is 272 g/mol. The molecule has 0 aromatic heterocycles. The minimum absolute atomic E-state index is 0. The molecule has 0 amide bonds. The van der Waals surface area contributed by atoms with Crippen molar-refractivity contribution in [3.05, 3.63) is 6.92 Å². The standard InChI is InChI=1S/C7H13.C4H8O.BrH.Mg/c1-7-5-3-2-4-6-7;1-2-4-5-3-1;;/h7H,1-6H2;1-4H2;1H;/q-1;;;+2/p-1. The maximum absolute atomic E-state index is 4.94. The molecule has 1 aliphatic heterocycles. The summed E-state index contributed by atoms with van der Waals surface area (Å²) in [6, 6.07) is 0. The molecule has 1 aliphatic carbocycles. The van der Waals surface area contributed by atoms with Crippen molar-refractivity contribution in [3.63, 3.8) is 0 Å². The van der Waals surface area contributed by atoms with Crippen LogP contribution in [-0.2, 0) is 4.74 Å². The van der Waals surface area contributed by atoms with Gasteiger partial charge in [-0.25, -0.2) is 0 Å². The Kier molecular flexibility index (Phi) is 15.4. The third-order valence-corrected chi connectivity index (χ3v) is 2.55. The predicted molar refractivity (Wildman–Crippen MR) is 57.7 cm³/mol. The van der Waals surface area contributed by atoms with Crippen LogP contribution in [-0.4, -0.2) is 36.3 Å². The largest absolute Gasteiger partial charge is 2.00 e. The van der Waals surface area contributed by atoms with E-state index < -0.39 is 0 Å². The van der Waals surface area contributed by atoms with Crippen LogP contribution >= 0.6 is 0 Å². The van der Waals surface area contributed by atoms with Crippen molar-refractivity contribution in [1.82, 2.24) is 0 Å². The summed E-state index contributed by atoms with van der Waals surface area (Å²) in [5.74, 6) is 0.786. The van der Waals surface area contributed by atoms with Crippen molar-refractivity contribution in [2.75, 3.05) is 13.2 Å². The third-order valence-electron chi connectivity index (χ3n) is 2.55. The van der Waals surface area contributed by atoms with Crippen LogP contribution in [0.1, 0.15) is 44.9 Å². The van der Waals surface area contributed by atoms with E-state index in [0.29, 0.717) is 0 Å². The first-order valence-corrected chi connectivity index (χ1v) is 5.30. The van der Waals surface area contributed by atoms with Crippen LogP contribution in [0.3, 0.4) is 0 Å². The zero-order valence-electron chi connectivity index (χ0n) is 9.14. The van der Waals surface area contributed by atoms with Crippen molar-refractivity contribution < 1.29 is 21.7 Å². The van der Waals surface area contributed by atoms with Crippen LogP contribution in [0.2, 0.25) is 0 Å². The van der Waals surface area contributed by atoms with E-state index in [-0.39, 0.29) is 40.0 Å². The van der Waals surface area contributed by atoms with Crippen molar-refractivity contribution >= 4 is 23.1 Å². The van der Waals surface area contributed by atoms with E-state index in [1.54, 1.807) is 0 Å². The van der Waals surface area contributed by atoms with Crippen LogP contribution in [0.25, 0.3) is 0 Å². The Bertz CT molecular complexity index is 93.9. The predicted octanol–water partition coefficient (Wildman–Crippen LogP) is -0.179. The van der Waals surface area contributed by atoms with Gasteiger partial charge in [-0.05, 0) is 12.8 Å². The van der Waals surface area contributed by atoms with Crippen LogP contribution < -0.4 is 17.0 Å². The fourth-order valence-electron chi connectivity index (χ4n) is 1.70. The third kappa shape index (κ3) is 9.75. The summed E-state index contributed by atoms with van der Waals surface area (Å²) in [5, 5.41) is 0. The molecule has 0 atom stereocenters. The van der Waals surface area contributed by atoms with Crippen LogP contribution in [0.15, 0.2) is 0 Å². The van der Waals surface area contributed by atoms with E-state index in [9.17, 15) is 0 Å². The topological polar surface area (TPSA) is 9.23 Å². The molecule has 1 saturated carbocycles. The molecule has 2 fully saturated rings. The molecule has 0 spiro atoms. The van der Waals surface area contributed by atoms with Gasteiger partial charge in [0.2, 0.25) is 0 Å². The van der Waals surface area contributed by atoms with Crippen molar-refractivity contribution in [1.29, 1.82) is 0 Å². The van der Waals surface area contributed by atoms with Gasteiger partial charge in [-0.2, -0.15) is 5.92 Å². The van der Waals surface area contributed by atoms with E-state index in [0.717, 1.165) is 19.1 Å². The van der Waals surface area contributed by atoms with E-state index in [4.69, 9.17) is 4.74 Å². The number of ether oxygens (including phenoxy) is 1. The zero-order chi connectivity index (χ0) is 8.65. The van der Waals surface area contributed by atoms with E-state index >= 15 is 0 Å². The molecule has 0 N–H and O–H groups in total. The Morgan fingerprint density at radius 1 is 0.857 bits per heavy atom. The van der Waals surface area contributed by atoms with Gasteiger partial charge >= 0.3 is 23.1 Å². The molecule has 0 bridgehead atoms. The molecular weight excluding hydrogens is 252 g/mol. The molecule has 0 aromatic carbocycles. The molecule has 14 heavy (non-hydrogen) atoms. The summed E-state index contributed by atoms with van der Waals surface area (Å²) >= 11 is 0. The first kappa shape index (κ1) is 17.6. The Morgan fingerprint density at radius 3 is 1.57 bits per heavy atom. The molecular formula is C11H21BrMgO. The Labute approximate surface area is 115 Å². The molecule has 0 unspecified atom stereocenters. The molecule has 1 heterocycles. The van der Waals surface area contributed by atoms with Crippen LogP contribution in [0.5, 0.6) is 0 Å². The van der Waals surface area contributed by atoms with Gasteiger partial charge in [0.15, 0.2) is 0 Å². The summed E-state index contributed by atoms with van der Waals surface area (Å²) in [4.78, 5) is 0. The second-order valence-corrected chi connectivity index (χ2v) is 3.82. The average Bonchev–Trinajstić information content (AvgIpc) is 2.62.